The Morgan fingerprint density at radius 2 is 1.54 bits per heavy atom. The molecule has 26 heavy (non-hydrogen) atoms. The number of ketones is 2. The van der Waals surface area contributed by atoms with Crippen molar-refractivity contribution in [3.05, 3.63) is 71.3 Å². The lowest BCUT2D eigenvalue weighted by atomic mass is 9.89. The number of ether oxygens (including phenoxy) is 2. The third-order valence-electron chi connectivity index (χ3n) is 4.05. The Balaban J connectivity index is 2.28. The van der Waals surface area contributed by atoms with Gasteiger partial charge in [-0.15, -0.1) is 0 Å². The molecule has 2 rings (SSSR count). The Morgan fingerprint density at radius 3 is 2.15 bits per heavy atom. The van der Waals surface area contributed by atoms with Gasteiger partial charge in [0.25, 0.3) is 0 Å². The minimum absolute atomic E-state index is 0.173. The highest BCUT2D eigenvalue weighted by molar-refractivity contribution is 6.17. The zero-order valence-electron chi connectivity index (χ0n) is 15.8. The van der Waals surface area contributed by atoms with Crippen LogP contribution in [0.2, 0.25) is 0 Å². The lowest BCUT2D eigenvalue weighted by Gasteiger charge is -2.28. The molecule has 0 fully saturated rings. The summed E-state index contributed by atoms with van der Waals surface area (Å²) in [7, 11) is 0. The van der Waals surface area contributed by atoms with Gasteiger partial charge in [-0.1, -0.05) is 54.6 Å². The number of hydrogen-bond donors (Lipinski definition) is 0. The van der Waals surface area contributed by atoms with E-state index < -0.39 is 5.60 Å². The minimum Gasteiger partial charge on any atom is -0.379 e. The fourth-order valence-electron chi connectivity index (χ4n) is 2.82. The second-order valence-corrected chi connectivity index (χ2v) is 6.67. The van der Waals surface area contributed by atoms with Crippen molar-refractivity contribution in [2.24, 2.45) is 0 Å². The maximum Gasteiger partial charge on any atom is 0.194 e. The molecule has 0 aliphatic rings. The van der Waals surface area contributed by atoms with Crippen LogP contribution in [0.1, 0.15) is 54.0 Å². The van der Waals surface area contributed by atoms with Crippen molar-refractivity contribution in [2.75, 3.05) is 13.2 Å². The first-order valence-electron chi connectivity index (χ1n) is 8.86. The Bertz CT molecular complexity index is 750. The van der Waals surface area contributed by atoms with Crippen LogP contribution in [0, 0.1) is 0 Å². The Kier molecular flexibility index (Phi) is 6.83. The topological polar surface area (TPSA) is 52.6 Å². The van der Waals surface area contributed by atoms with E-state index in [2.05, 4.69) is 0 Å². The van der Waals surface area contributed by atoms with Gasteiger partial charge < -0.3 is 9.47 Å². The van der Waals surface area contributed by atoms with Crippen molar-refractivity contribution in [1.82, 2.24) is 0 Å². The quantitative estimate of drug-likeness (QED) is 0.629. The molecule has 1 unspecified atom stereocenters. The van der Waals surface area contributed by atoms with Crippen molar-refractivity contribution in [1.29, 1.82) is 0 Å². The highest BCUT2D eigenvalue weighted by Gasteiger charge is 2.33. The Labute approximate surface area is 155 Å². The second kappa shape index (κ2) is 8.88. The van der Waals surface area contributed by atoms with E-state index in [4.69, 9.17) is 9.47 Å². The van der Waals surface area contributed by atoms with Gasteiger partial charge in [-0.25, -0.2) is 0 Å². The number of rotatable bonds is 9. The number of carbonyl (C=O) groups is 2. The molecular formula is C22H26O4. The number of hydrogen-bond acceptors (Lipinski definition) is 4. The van der Waals surface area contributed by atoms with E-state index in [0.29, 0.717) is 29.9 Å². The molecule has 138 valence electrons. The van der Waals surface area contributed by atoms with Crippen LogP contribution in [-0.4, -0.2) is 36.5 Å². The number of benzene rings is 2. The third kappa shape index (κ3) is 4.87. The van der Waals surface area contributed by atoms with Gasteiger partial charge in [-0.05, 0) is 27.7 Å². The predicted octanol–water partition coefficient (Wildman–Crippen LogP) is 4.32. The van der Waals surface area contributed by atoms with Crippen LogP contribution in [0.3, 0.4) is 0 Å². The lowest BCUT2D eigenvalue weighted by molar-refractivity contribution is -0.0734. The summed E-state index contributed by atoms with van der Waals surface area (Å²) in [5, 5.41) is 0. The van der Waals surface area contributed by atoms with Gasteiger partial charge in [0.1, 0.15) is 5.60 Å². The zero-order valence-corrected chi connectivity index (χ0v) is 15.8. The molecule has 0 saturated heterocycles. The Hall–Kier alpha value is -2.30. The van der Waals surface area contributed by atoms with Crippen LogP contribution < -0.4 is 0 Å². The van der Waals surface area contributed by atoms with Crippen LogP contribution in [0.25, 0.3) is 0 Å². The molecule has 0 aromatic heterocycles. The molecule has 0 amide bonds. The van der Waals surface area contributed by atoms with E-state index in [1.54, 1.807) is 62.4 Å². The predicted molar refractivity (Wildman–Crippen MR) is 102 cm³/mol. The summed E-state index contributed by atoms with van der Waals surface area (Å²) in [6.45, 7) is 8.23. The highest BCUT2D eigenvalue weighted by Crippen LogP contribution is 2.23. The fraction of sp³-hybridized carbons (Fsp3) is 0.364. The van der Waals surface area contributed by atoms with Gasteiger partial charge in [-0.2, -0.15) is 0 Å². The van der Waals surface area contributed by atoms with E-state index >= 15 is 0 Å². The molecule has 0 bridgehead atoms. The Morgan fingerprint density at radius 1 is 0.962 bits per heavy atom. The van der Waals surface area contributed by atoms with Gasteiger partial charge in [0.15, 0.2) is 11.6 Å². The molecule has 0 aliphatic heterocycles. The van der Waals surface area contributed by atoms with E-state index in [1.165, 1.54) is 0 Å². The monoisotopic (exact) mass is 354 g/mol. The lowest BCUT2D eigenvalue weighted by Crippen LogP contribution is -2.40. The molecule has 0 N–H and O–H groups in total. The van der Waals surface area contributed by atoms with E-state index in [1.807, 2.05) is 19.9 Å². The first kappa shape index (κ1) is 20.0. The number of Topliss-reactive ketones (excluding diaryl/α,β-unsaturated/α-hetero) is 1. The summed E-state index contributed by atoms with van der Waals surface area (Å²) in [4.78, 5) is 26.0. The SMILES string of the molecule is CCOCC(C)OC(C)(C)C(=O)c1ccccc1C(=O)c1ccccc1. The molecule has 4 nitrogen and oxygen atoms in total. The molecule has 0 heterocycles. The molecule has 0 radical (unpaired) electrons. The maximum absolute atomic E-state index is 13.1. The summed E-state index contributed by atoms with van der Waals surface area (Å²) in [6, 6.07) is 15.8. The first-order chi connectivity index (χ1) is 12.4. The third-order valence-corrected chi connectivity index (χ3v) is 4.05. The van der Waals surface area contributed by atoms with Gasteiger partial charge in [-0.3, -0.25) is 9.59 Å². The average Bonchev–Trinajstić information content (AvgIpc) is 2.65. The molecule has 0 spiro atoms. The van der Waals surface area contributed by atoms with Crippen LogP contribution in [0.5, 0.6) is 0 Å². The van der Waals surface area contributed by atoms with Crippen molar-refractivity contribution in [2.45, 2.75) is 39.4 Å². The summed E-state index contributed by atoms with van der Waals surface area (Å²) >= 11 is 0. The van der Waals surface area contributed by atoms with Crippen LogP contribution >= 0.6 is 0 Å². The standard InChI is InChI=1S/C22H26O4/c1-5-25-15-16(2)26-22(3,4)21(24)19-14-10-9-13-18(19)20(23)17-11-7-6-8-12-17/h6-14,16H,5,15H2,1-4H3. The van der Waals surface area contributed by atoms with E-state index in [0.717, 1.165) is 0 Å². The van der Waals surface area contributed by atoms with E-state index in [9.17, 15) is 9.59 Å². The minimum atomic E-state index is -1.07. The molecule has 1 atom stereocenters. The number of carbonyl (C=O) groups excluding carboxylic acids is 2. The normalized spacial score (nSPS) is 12.6. The first-order valence-corrected chi connectivity index (χ1v) is 8.86. The summed E-state index contributed by atoms with van der Waals surface area (Å²) in [5.41, 5.74) is 0.243. The highest BCUT2D eigenvalue weighted by atomic mass is 16.5. The smallest absolute Gasteiger partial charge is 0.194 e. The zero-order chi connectivity index (χ0) is 19.2. The van der Waals surface area contributed by atoms with Crippen molar-refractivity contribution in [3.63, 3.8) is 0 Å². The second-order valence-electron chi connectivity index (χ2n) is 6.67. The molecule has 0 saturated carbocycles. The average molecular weight is 354 g/mol. The van der Waals surface area contributed by atoms with Crippen molar-refractivity contribution < 1.29 is 19.1 Å². The maximum atomic E-state index is 13.1. The molecule has 0 aliphatic carbocycles. The molecule has 4 heteroatoms. The summed E-state index contributed by atoms with van der Waals surface area (Å²) in [5.74, 6) is -0.395. The van der Waals surface area contributed by atoms with Crippen molar-refractivity contribution >= 4 is 11.6 Å². The van der Waals surface area contributed by atoms with Gasteiger partial charge in [0, 0.05) is 23.3 Å². The largest absolute Gasteiger partial charge is 0.379 e. The van der Waals surface area contributed by atoms with E-state index in [-0.39, 0.29) is 17.7 Å². The van der Waals surface area contributed by atoms with Crippen molar-refractivity contribution in [3.8, 4) is 0 Å². The van der Waals surface area contributed by atoms with Gasteiger partial charge in [0.2, 0.25) is 0 Å². The fourth-order valence-corrected chi connectivity index (χ4v) is 2.82. The van der Waals surface area contributed by atoms with Gasteiger partial charge in [0.05, 0.1) is 12.7 Å². The van der Waals surface area contributed by atoms with Gasteiger partial charge >= 0.3 is 0 Å². The summed E-state index contributed by atoms with van der Waals surface area (Å²) < 4.78 is 11.3. The van der Waals surface area contributed by atoms with Crippen LogP contribution in [-0.2, 0) is 9.47 Å². The van der Waals surface area contributed by atoms with Crippen LogP contribution in [0.4, 0.5) is 0 Å². The molecular weight excluding hydrogens is 328 g/mol. The summed E-state index contributed by atoms with van der Waals surface area (Å²) in [6.07, 6.45) is -0.231. The molecule has 2 aromatic carbocycles. The van der Waals surface area contributed by atoms with Crippen LogP contribution in [0.15, 0.2) is 54.6 Å². The molecule has 2 aromatic rings.